The van der Waals surface area contributed by atoms with Crippen molar-refractivity contribution in [3.05, 3.63) is 41.5 Å². The Kier molecular flexibility index (Phi) is 11.2. The molecule has 3 fully saturated rings. The van der Waals surface area contributed by atoms with Gasteiger partial charge in [0.25, 0.3) is 0 Å². The second-order valence-electron chi connectivity index (χ2n) is 12.6. The van der Waals surface area contributed by atoms with E-state index in [0.29, 0.717) is 58.3 Å². The van der Waals surface area contributed by atoms with Crippen LogP contribution in [0, 0.1) is 5.92 Å². The number of Topliss-reactive ketones (excluding diaryl/α,β-unsaturated/α-hetero) is 1. The summed E-state index contributed by atoms with van der Waals surface area (Å²) >= 11 is 0. The number of methoxy groups -OCH3 is 1. The van der Waals surface area contributed by atoms with Crippen LogP contribution < -0.4 is 20.7 Å². The lowest BCUT2D eigenvalue weighted by atomic mass is 9.89. The molecule has 12 heteroatoms. The molecular weight excluding hydrogens is 580 g/mol. The van der Waals surface area contributed by atoms with E-state index in [-0.39, 0.29) is 30.6 Å². The molecule has 3 saturated heterocycles. The number of carbonyl (C=O) groups excluding carboxylic acids is 4. The number of ether oxygens (including phenoxy) is 4. The molecule has 12 nitrogen and oxygen atoms in total. The van der Waals surface area contributed by atoms with Crippen LogP contribution in [0.3, 0.4) is 0 Å². The van der Waals surface area contributed by atoms with E-state index in [1.165, 1.54) is 0 Å². The molecule has 45 heavy (non-hydrogen) atoms. The summed E-state index contributed by atoms with van der Waals surface area (Å²) in [6.45, 7) is 5.26. The minimum absolute atomic E-state index is 0.150. The Labute approximate surface area is 264 Å². The zero-order valence-corrected chi connectivity index (χ0v) is 26.3. The van der Waals surface area contributed by atoms with Crippen molar-refractivity contribution in [2.24, 2.45) is 5.92 Å². The van der Waals surface area contributed by atoms with Crippen LogP contribution in [0.1, 0.15) is 44.6 Å². The van der Waals surface area contributed by atoms with Crippen LogP contribution in [0.4, 0.5) is 0 Å². The minimum Gasteiger partial charge on any atom is -0.497 e. The molecule has 0 radical (unpaired) electrons. The summed E-state index contributed by atoms with van der Waals surface area (Å²) in [7, 11) is 1.58. The van der Waals surface area contributed by atoms with Gasteiger partial charge in [-0.25, -0.2) is 0 Å². The van der Waals surface area contributed by atoms with E-state index >= 15 is 0 Å². The van der Waals surface area contributed by atoms with Crippen molar-refractivity contribution in [3.63, 3.8) is 0 Å². The summed E-state index contributed by atoms with van der Waals surface area (Å²) < 4.78 is 21.5. The number of hydrogen-bond acceptors (Lipinski definition) is 9. The van der Waals surface area contributed by atoms with Crippen molar-refractivity contribution >= 4 is 23.5 Å². The van der Waals surface area contributed by atoms with Gasteiger partial charge in [-0.3, -0.25) is 24.1 Å². The van der Waals surface area contributed by atoms with Crippen molar-refractivity contribution in [2.75, 3.05) is 59.8 Å². The quantitative estimate of drug-likeness (QED) is 0.191. The number of carbonyl (C=O) groups is 4. The first-order chi connectivity index (χ1) is 21.7. The number of epoxide rings is 1. The first kappa shape index (κ1) is 33.1. The number of hydrogen-bond donors (Lipinski definition) is 3. The number of morpholine rings is 1. The molecule has 5 rings (SSSR count). The van der Waals surface area contributed by atoms with Crippen molar-refractivity contribution in [3.8, 4) is 5.75 Å². The molecule has 3 aliphatic heterocycles. The van der Waals surface area contributed by atoms with Gasteiger partial charge in [-0.2, -0.15) is 0 Å². The van der Waals surface area contributed by atoms with Crippen LogP contribution in [0.5, 0.6) is 5.75 Å². The Morgan fingerprint density at radius 3 is 2.27 bits per heavy atom. The number of ketones is 1. The van der Waals surface area contributed by atoms with Gasteiger partial charge in [0.1, 0.15) is 23.4 Å². The largest absolute Gasteiger partial charge is 0.497 e. The second kappa shape index (κ2) is 15.3. The van der Waals surface area contributed by atoms with E-state index in [2.05, 4.69) is 22.0 Å². The van der Waals surface area contributed by atoms with E-state index in [0.717, 1.165) is 36.8 Å². The summed E-state index contributed by atoms with van der Waals surface area (Å²) in [5.41, 5.74) is 1.03. The number of allylic oxidation sites excluding steroid dienone is 1. The highest BCUT2D eigenvalue weighted by Gasteiger charge is 2.50. The van der Waals surface area contributed by atoms with E-state index in [1.54, 1.807) is 26.2 Å². The van der Waals surface area contributed by atoms with Gasteiger partial charge in [0.05, 0.1) is 52.7 Å². The first-order valence-electron chi connectivity index (χ1n) is 16.0. The van der Waals surface area contributed by atoms with Gasteiger partial charge in [0, 0.05) is 25.4 Å². The Morgan fingerprint density at radius 2 is 1.67 bits per heavy atom. The monoisotopic (exact) mass is 626 g/mol. The Bertz CT molecular complexity index is 1240. The summed E-state index contributed by atoms with van der Waals surface area (Å²) in [6, 6.07) is 4.59. The molecule has 0 aromatic heterocycles. The number of amides is 3. The first-order valence-corrected chi connectivity index (χ1v) is 16.0. The second-order valence-corrected chi connectivity index (χ2v) is 12.6. The molecule has 4 atom stereocenters. The predicted molar refractivity (Wildman–Crippen MR) is 165 cm³/mol. The molecule has 0 spiro atoms. The molecule has 3 heterocycles. The predicted octanol–water partition coefficient (Wildman–Crippen LogP) is 0.919. The normalized spacial score (nSPS) is 23.8. The van der Waals surface area contributed by atoms with E-state index in [4.69, 9.17) is 18.9 Å². The fraction of sp³-hybridized carbons (Fsp3) is 0.636. The summed E-state index contributed by atoms with van der Waals surface area (Å²) in [5, 5.41) is 8.77. The maximum absolute atomic E-state index is 14.0. The fourth-order valence-corrected chi connectivity index (χ4v) is 5.95. The molecule has 1 aromatic rings. The maximum Gasteiger partial charge on any atom is 0.243 e. The average Bonchev–Trinajstić information content (AvgIpc) is 3.78. The summed E-state index contributed by atoms with van der Waals surface area (Å²) in [6.07, 6.45) is 6.75. The van der Waals surface area contributed by atoms with Crippen LogP contribution in [-0.4, -0.2) is 112 Å². The lowest BCUT2D eigenvalue weighted by molar-refractivity contribution is -0.139. The zero-order valence-electron chi connectivity index (χ0n) is 26.3. The standard InChI is InChI=1S/C33H46N4O8/c1-33(21-45-33)30(39)26(16-22-6-4-3-5-7-22)34-31(40)27(17-23-8-10-25(42-2)11-9-23)35-32(41)29(24-19-44-20-24)36-28(38)18-37-12-14-43-15-13-37/h6,8-11,24,26-27,29H,3-5,7,12-21H2,1-2H3,(H,34,40)(H,35,41)(H,36,38)/t26-,27-,29-,33-/m0/s1. The topological polar surface area (TPSA) is 148 Å². The number of rotatable bonds is 15. The van der Waals surface area contributed by atoms with Crippen LogP contribution in [0.15, 0.2) is 35.9 Å². The maximum atomic E-state index is 14.0. The lowest BCUT2D eigenvalue weighted by Crippen LogP contribution is -2.61. The molecular formula is C33H46N4O8. The molecule has 0 bridgehead atoms. The number of benzene rings is 1. The Hall–Kier alpha value is -3.32. The third-order valence-electron chi connectivity index (χ3n) is 9.02. The smallest absolute Gasteiger partial charge is 0.243 e. The van der Waals surface area contributed by atoms with Crippen LogP contribution in [0.25, 0.3) is 0 Å². The van der Waals surface area contributed by atoms with E-state index in [1.807, 2.05) is 17.0 Å². The van der Waals surface area contributed by atoms with Crippen LogP contribution in [0.2, 0.25) is 0 Å². The van der Waals surface area contributed by atoms with Crippen molar-refractivity contribution in [2.45, 2.75) is 69.2 Å². The fourth-order valence-electron chi connectivity index (χ4n) is 5.95. The third kappa shape index (κ3) is 9.12. The van der Waals surface area contributed by atoms with Gasteiger partial charge < -0.3 is 34.9 Å². The molecule has 1 aromatic carbocycles. The zero-order chi connectivity index (χ0) is 31.8. The summed E-state index contributed by atoms with van der Waals surface area (Å²) in [4.78, 5) is 56.3. The Morgan fingerprint density at radius 1 is 0.956 bits per heavy atom. The average molecular weight is 627 g/mol. The number of nitrogens with zero attached hydrogens (tertiary/aromatic N) is 1. The van der Waals surface area contributed by atoms with Crippen molar-refractivity contribution in [1.29, 1.82) is 0 Å². The highest BCUT2D eigenvalue weighted by Crippen LogP contribution is 2.31. The molecule has 1 aliphatic carbocycles. The van der Waals surface area contributed by atoms with Gasteiger partial charge in [-0.1, -0.05) is 23.8 Å². The molecule has 0 unspecified atom stereocenters. The van der Waals surface area contributed by atoms with E-state index < -0.39 is 35.5 Å². The number of nitrogens with one attached hydrogen (secondary N) is 3. The summed E-state index contributed by atoms with van der Waals surface area (Å²) in [5.74, 6) is -0.936. The van der Waals surface area contributed by atoms with Crippen molar-refractivity contribution < 1.29 is 38.1 Å². The van der Waals surface area contributed by atoms with Gasteiger partial charge in [-0.15, -0.1) is 0 Å². The third-order valence-corrected chi connectivity index (χ3v) is 9.02. The van der Waals surface area contributed by atoms with Crippen LogP contribution in [-0.2, 0) is 39.8 Å². The van der Waals surface area contributed by atoms with Gasteiger partial charge >= 0.3 is 0 Å². The van der Waals surface area contributed by atoms with E-state index in [9.17, 15) is 19.2 Å². The SMILES string of the molecule is COc1ccc(C[C@H](NC(=O)[C@@H](NC(=O)CN2CCOCC2)C2COC2)C(=O)N[C@@H](CC2=CCCCC2)C(=O)[C@]2(C)CO2)cc1. The van der Waals surface area contributed by atoms with Gasteiger partial charge in [-0.05, 0) is 56.7 Å². The highest BCUT2D eigenvalue weighted by atomic mass is 16.6. The molecule has 246 valence electrons. The lowest BCUT2D eigenvalue weighted by Gasteiger charge is -2.35. The minimum atomic E-state index is -1.01. The molecule has 4 aliphatic rings. The molecule has 3 amide bonds. The van der Waals surface area contributed by atoms with Gasteiger partial charge in [0.15, 0.2) is 5.78 Å². The van der Waals surface area contributed by atoms with Crippen LogP contribution >= 0.6 is 0 Å². The van der Waals surface area contributed by atoms with Gasteiger partial charge in [0.2, 0.25) is 17.7 Å². The van der Waals surface area contributed by atoms with Crippen molar-refractivity contribution in [1.82, 2.24) is 20.9 Å². The highest BCUT2D eigenvalue weighted by molar-refractivity contribution is 5.98. The molecule has 0 saturated carbocycles. The molecule has 3 N–H and O–H groups in total. The Balaban J connectivity index is 1.32.